The third-order valence-electron chi connectivity index (χ3n) is 4.32. The molecule has 1 aromatic rings. The first-order valence-corrected chi connectivity index (χ1v) is 8.81. The molecule has 1 amide bonds. The smallest absolute Gasteiger partial charge is 0.264 e. The van der Waals surface area contributed by atoms with Crippen molar-refractivity contribution in [2.24, 2.45) is 5.16 Å². The maximum atomic E-state index is 12.4. The van der Waals surface area contributed by atoms with E-state index < -0.39 is 6.10 Å². The molecule has 1 heterocycles. The standard InChI is InChI=1S/C17H21BrN2O2/c18-13-7-5-6-12(10-13)15-11-16(22-20-15)17(21)19-14-8-3-1-2-4-9-14/h5-7,10,14,16H,1-4,8-9,11H2,(H,19,21). The molecule has 0 aromatic heterocycles. The van der Waals surface area contributed by atoms with Crippen LogP contribution in [-0.4, -0.2) is 23.8 Å². The molecule has 22 heavy (non-hydrogen) atoms. The molecule has 0 saturated heterocycles. The Balaban J connectivity index is 1.55. The summed E-state index contributed by atoms with van der Waals surface area (Å²) in [7, 11) is 0. The van der Waals surface area contributed by atoms with Gasteiger partial charge in [-0.15, -0.1) is 0 Å². The lowest BCUT2D eigenvalue weighted by atomic mass is 10.0. The predicted octanol–water partition coefficient (Wildman–Crippen LogP) is 3.78. The van der Waals surface area contributed by atoms with Crippen LogP contribution < -0.4 is 5.32 Å². The number of hydrogen-bond acceptors (Lipinski definition) is 3. The molecule has 1 N–H and O–H groups in total. The van der Waals surface area contributed by atoms with Gasteiger partial charge >= 0.3 is 0 Å². The van der Waals surface area contributed by atoms with Gasteiger partial charge in [0.05, 0.1) is 5.71 Å². The van der Waals surface area contributed by atoms with Gasteiger partial charge in [-0.25, -0.2) is 0 Å². The fraction of sp³-hybridized carbons (Fsp3) is 0.529. The highest BCUT2D eigenvalue weighted by atomic mass is 79.9. The molecule has 0 bridgehead atoms. The molecule has 1 aliphatic heterocycles. The molecule has 1 aromatic carbocycles. The van der Waals surface area contributed by atoms with Crippen molar-refractivity contribution in [3.05, 3.63) is 34.3 Å². The van der Waals surface area contributed by atoms with Crippen molar-refractivity contribution in [1.29, 1.82) is 0 Å². The number of benzene rings is 1. The molecule has 5 heteroatoms. The number of carbonyl (C=O) groups excluding carboxylic acids is 1. The molecule has 4 nitrogen and oxygen atoms in total. The van der Waals surface area contributed by atoms with E-state index in [1.165, 1.54) is 25.7 Å². The average Bonchev–Trinajstić information content (AvgIpc) is 2.87. The summed E-state index contributed by atoms with van der Waals surface area (Å²) < 4.78 is 0.999. The van der Waals surface area contributed by atoms with Gasteiger partial charge in [0.15, 0.2) is 0 Å². The number of carbonyl (C=O) groups is 1. The van der Waals surface area contributed by atoms with Crippen molar-refractivity contribution in [2.75, 3.05) is 0 Å². The van der Waals surface area contributed by atoms with Crippen molar-refractivity contribution in [2.45, 2.75) is 57.1 Å². The van der Waals surface area contributed by atoms with Gasteiger partial charge in [-0.05, 0) is 25.0 Å². The number of oxime groups is 1. The van der Waals surface area contributed by atoms with Crippen LogP contribution in [0.1, 0.15) is 50.5 Å². The first-order chi connectivity index (χ1) is 10.7. The summed E-state index contributed by atoms with van der Waals surface area (Å²) in [5.41, 5.74) is 1.83. The van der Waals surface area contributed by atoms with Crippen LogP contribution in [0.3, 0.4) is 0 Å². The van der Waals surface area contributed by atoms with E-state index in [-0.39, 0.29) is 5.91 Å². The Labute approximate surface area is 139 Å². The number of halogens is 1. The lowest BCUT2D eigenvalue weighted by Gasteiger charge is -2.18. The highest BCUT2D eigenvalue weighted by Crippen LogP contribution is 2.21. The van der Waals surface area contributed by atoms with E-state index in [4.69, 9.17) is 4.84 Å². The summed E-state index contributed by atoms with van der Waals surface area (Å²) in [4.78, 5) is 17.7. The number of rotatable bonds is 3. The van der Waals surface area contributed by atoms with Gasteiger partial charge in [0.25, 0.3) is 5.91 Å². The van der Waals surface area contributed by atoms with Gasteiger partial charge in [0, 0.05) is 22.5 Å². The summed E-state index contributed by atoms with van der Waals surface area (Å²) in [5.74, 6) is -0.0272. The van der Waals surface area contributed by atoms with E-state index in [1.807, 2.05) is 24.3 Å². The topological polar surface area (TPSA) is 50.7 Å². The monoisotopic (exact) mass is 364 g/mol. The molecule has 1 fully saturated rings. The van der Waals surface area contributed by atoms with Crippen LogP contribution in [0, 0.1) is 0 Å². The summed E-state index contributed by atoms with van der Waals surface area (Å²) >= 11 is 3.45. The highest BCUT2D eigenvalue weighted by molar-refractivity contribution is 9.10. The Hall–Kier alpha value is -1.36. The molecular formula is C17H21BrN2O2. The van der Waals surface area contributed by atoms with Crippen molar-refractivity contribution < 1.29 is 9.63 Å². The Kier molecular flexibility index (Phi) is 5.13. The summed E-state index contributed by atoms with van der Waals surface area (Å²) in [6.07, 6.45) is 7.18. The molecule has 1 aliphatic carbocycles. The molecule has 1 saturated carbocycles. The second-order valence-electron chi connectivity index (χ2n) is 6.04. The molecule has 3 rings (SSSR count). The average molecular weight is 365 g/mol. The third-order valence-corrected chi connectivity index (χ3v) is 4.81. The van der Waals surface area contributed by atoms with Crippen molar-refractivity contribution in [1.82, 2.24) is 5.32 Å². The number of hydrogen-bond donors (Lipinski definition) is 1. The van der Waals surface area contributed by atoms with Crippen LogP contribution in [0.25, 0.3) is 0 Å². The van der Waals surface area contributed by atoms with E-state index in [0.717, 1.165) is 28.6 Å². The van der Waals surface area contributed by atoms with E-state index >= 15 is 0 Å². The van der Waals surface area contributed by atoms with Gasteiger partial charge in [-0.2, -0.15) is 0 Å². The maximum Gasteiger partial charge on any atom is 0.264 e. The number of amides is 1. The van der Waals surface area contributed by atoms with Crippen LogP contribution in [0.2, 0.25) is 0 Å². The first kappa shape index (κ1) is 15.5. The van der Waals surface area contributed by atoms with Gasteiger partial charge in [-0.3, -0.25) is 4.79 Å². The van der Waals surface area contributed by atoms with E-state index in [1.54, 1.807) is 0 Å². The number of nitrogens with zero attached hydrogens (tertiary/aromatic N) is 1. The van der Waals surface area contributed by atoms with Crippen LogP contribution in [0.5, 0.6) is 0 Å². The second-order valence-corrected chi connectivity index (χ2v) is 6.96. The van der Waals surface area contributed by atoms with Crippen molar-refractivity contribution >= 4 is 27.5 Å². The Morgan fingerprint density at radius 1 is 1.23 bits per heavy atom. The lowest BCUT2D eigenvalue weighted by Crippen LogP contribution is -2.41. The van der Waals surface area contributed by atoms with Crippen LogP contribution in [0.15, 0.2) is 33.9 Å². The highest BCUT2D eigenvalue weighted by Gasteiger charge is 2.30. The normalized spacial score (nSPS) is 22.6. The van der Waals surface area contributed by atoms with E-state index in [2.05, 4.69) is 26.4 Å². The maximum absolute atomic E-state index is 12.4. The Morgan fingerprint density at radius 3 is 2.73 bits per heavy atom. The SMILES string of the molecule is O=C(NC1CCCCCC1)C1CC(c2cccc(Br)c2)=NO1. The summed E-state index contributed by atoms with van der Waals surface area (Å²) in [6.45, 7) is 0. The first-order valence-electron chi connectivity index (χ1n) is 8.01. The molecule has 2 aliphatic rings. The molecular weight excluding hydrogens is 344 g/mol. The summed E-state index contributed by atoms with van der Waals surface area (Å²) in [6, 6.07) is 8.21. The van der Waals surface area contributed by atoms with Gasteiger partial charge in [0.2, 0.25) is 6.10 Å². The zero-order valence-electron chi connectivity index (χ0n) is 12.6. The molecule has 0 spiro atoms. The van der Waals surface area contributed by atoms with Crippen LogP contribution in [0.4, 0.5) is 0 Å². The zero-order chi connectivity index (χ0) is 15.4. The van der Waals surface area contributed by atoms with Gasteiger partial charge in [-0.1, -0.05) is 58.9 Å². The quantitative estimate of drug-likeness (QED) is 0.829. The molecule has 1 atom stereocenters. The van der Waals surface area contributed by atoms with Crippen molar-refractivity contribution in [3.8, 4) is 0 Å². The minimum atomic E-state index is -0.489. The predicted molar refractivity (Wildman–Crippen MR) is 89.8 cm³/mol. The molecule has 0 radical (unpaired) electrons. The molecule has 1 unspecified atom stereocenters. The van der Waals surface area contributed by atoms with Crippen LogP contribution in [-0.2, 0) is 9.63 Å². The minimum Gasteiger partial charge on any atom is -0.382 e. The van der Waals surface area contributed by atoms with Crippen molar-refractivity contribution in [3.63, 3.8) is 0 Å². The van der Waals surface area contributed by atoms with Gasteiger partial charge in [0.1, 0.15) is 0 Å². The molecule has 118 valence electrons. The zero-order valence-corrected chi connectivity index (χ0v) is 14.1. The lowest BCUT2D eigenvalue weighted by molar-refractivity contribution is -0.132. The number of nitrogens with one attached hydrogen (secondary N) is 1. The largest absolute Gasteiger partial charge is 0.382 e. The fourth-order valence-electron chi connectivity index (χ4n) is 3.07. The Morgan fingerprint density at radius 2 is 2.00 bits per heavy atom. The van der Waals surface area contributed by atoms with Gasteiger partial charge < -0.3 is 10.2 Å². The third kappa shape index (κ3) is 3.88. The van der Waals surface area contributed by atoms with E-state index in [0.29, 0.717) is 12.5 Å². The fourth-order valence-corrected chi connectivity index (χ4v) is 3.47. The van der Waals surface area contributed by atoms with Crippen LogP contribution >= 0.6 is 15.9 Å². The summed E-state index contributed by atoms with van der Waals surface area (Å²) in [5, 5.41) is 7.23. The Bertz CT molecular complexity index is 566. The van der Waals surface area contributed by atoms with E-state index in [9.17, 15) is 4.79 Å². The minimum absolute atomic E-state index is 0.0272. The second kappa shape index (κ2) is 7.27.